The van der Waals surface area contributed by atoms with Crippen LogP contribution in [0, 0.1) is 0 Å². The van der Waals surface area contributed by atoms with E-state index in [1.807, 2.05) is 36.5 Å². The summed E-state index contributed by atoms with van der Waals surface area (Å²) in [6.07, 6.45) is 4.44. The molecule has 3 aromatic heterocycles. The summed E-state index contributed by atoms with van der Waals surface area (Å²) in [5.74, 6) is 1.08. The monoisotopic (exact) mass is 407 g/mol. The van der Waals surface area contributed by atoms with Gasteiger partial charge in [0.25, 0.3) is 5.91 Å². The van der Waals surface area contributed by atoms with Crippen molar-refractivity contribution < 1.29 is 9.53 Å². The number of nitrogens with zero attached hydrogens (tertiary/aromatic N) is 4. The van der Waals surface area contributed by atoms with E-state index >= 15 is 0 Å². The van der Waals surface area contributed by atoms with Gasteiger partial charge in [-0.2, -0.15) is 0 Å². The molecule has 30 heavy (non-hydrogen) atoms. The first-order valence-electron chi connectivity index (χ1n) is 10.5. The number of rotatable bonds is 8. The Morgan fingerprint density at radius 3 is 2.70 bits per heavy atom. The molecule has 0 radical (unpaired) electrons. The number of anilines is 1. The highest BCUT2D eigenvalue weighted by atomic mass is 16.5. The van der Waals surface area contributed by atoms with Crippen molar-refractivity contribution in [3.05, 3.63) is 66.1 Å². The molecular formula is C23H29N5O2. The van der Waals surface area contributed by atoms with Gasteiger partial charge in [0.1, 0.15) is 5.82 Å². The number of pyridine rings is 2. The topological polar surface area (TPSA) is 62.1 Å². The summed E-state index contributed by atoms with van der Waals surface area (Å²) >= 11 is 0. The van der Waals surface area contributed by atoms with Crippen LogP contribution in [0.4, 0.5) is 5.82 Å². The van der Waals surface area contributed by atoms with Crippen molar-refractivity contribution in [1.29, 1.82) is 0 Å². The third-order valence-electron chi connectivity index (χ3n) is 5.59. The molecule has 0 bridgehead atoms. The van der Waals surface area contributed by atoms with Crippen LogP contribution in [-0.2, 0) is 11.2 Å². The summed E-state index contributed by atoms with van der Waals surface area (Å²) in [7, 11) is 1.75. The number of hydrogen-bond acceptors (Lipinski definition) is 5. The van der Waals surface area contributed by atoms with E-state index in [0.29, 0.717) is 12.1 Å². The first-order valence-corrected chi connectivity index (χ1v) is 10.5. The first kappa shape index (κ1) is 20.4. The lowest BCUT2D eigenvalue weighted by atomic mass is 10.2. The van der Waals surface area contributed by atoms with Gasteiger partial charge < -0.3 is 19.4 Å². The summed E-state index contributed by atoms with van der Waals surface area (Å²) in [6, 6.07) is 14.0. The zero-order valence-corrected chi connectivity index (χ0v) is 17.5. The summed E-state index contributed by atoms with van der Waals surface area (Å²) < 4.78 is 7.31. The second-order valence-corrected chi connectivity index (χ2v) is 7.55. The van der Waals surface area contributed by atoms with Gasteiger partial charge in [0, 0.05) is 76.4 Å². The van der Waals surface area contributed by atoms with Crippen molar-refractivity contribution in [2.45, 2.75) is 6.42 Å². The van der Waals surface area contributed by atoms with E-state index in [2.05, 4.69) is 36.6 Å². The summed E-state index contributed by atoms with van der Waals surface area (Å²) in [6.45, 7) is 6.28. The predicted molar refractivity (Wildman–Crippen MR) is 118 cm³/mol. The smallest absolute Gasteiger partial charge is 0.252 e. The van der Waals surface area contributed by atoms with Crippen LogP contribution in [0.2, 0.25) is 0 Å². The summed E-state index contributed by atoms with van der Waals surface area (Å²) in [5.41, 5.74) is 2.74. The Kier molecular flexibility index (Phi) is 6.61. The molecule has 1 N–H and O–H groups in total. The van der Waals surface area contributed by atoms with Gasteiger partial charge in [0.15, 0.2) is 0 Å². The second kappa shape index (κ2) is 9.73. The quantitative estimate of drug-likeness (QED) is 0.620. The average Bonchev–Trinajstić information content (AvgIpc) is 3.22. The van der Waals surface area contributed by atoms with E-state index in [-0.39, 0.29) is 5.91 Å². The number of carbonyl (C=O) groups is 1. The molecule has 1 aliphatic rings. The van der Waals surface area contributed by atoms with Crippen molar-refractivity contribution >= 4 is 17.2 Å². The van der Waals surface area contributed by atoms with Crippen LogP contribution in [0.15, 0.2) is 54.9 Å². The molecule has 3 aromatic rings. The van der Waals surface area contributed by atoms with Gasteiger partial charge in [-0.05, 0) is 36.4 Å². The lowest BCUT2D eigenvalue weighted by molar-refractivity contribution is 0.0953. The summed E-state index contributed by atoms with van der Waals surface area (Å²) in [5, 5.41) is 3.00. The fraction of sp³-hybridized carbons (Fsp3) is 0.391. The van der Waals surface area contributed by atoms with Gasteiger partial charge >= 0.3 is 0 Å². The average molecular weight is 408 g/mol. The number of amides is 1. The lowest BCUT2D eigenvalue weighted by Crippen LogP contribution is -2.47. The number of nitrogens with one attached hydrogen (secondary N) is 1. The van der Waals surface area contributed by atoms with Gasteiger partial charge in [0.2, 0.25) is 0 Å². The second-order valence-electron chi connectivity index (χ2n) is 7.55. The molecule has 1 saturated heterocycles. The van der Waals surface area contributed by atoms with E-state index in [9.17, 15) is 4.79 Å². The zero-order chi connectivity index (χ0) is 20.8. The maximum Gasteiger partial charge on any atom is 0.252 e. The van der Waals surface area contributed by atoms with Crippen LogP contribution in [0.3, 0.4) is 0 Å². The first-order chi connectivity index (χ1) is 14.7. The van der Waals surface area contributed by atoms with Gasteiger partial charge in [-0.1, -0.05) is 6.07 Å². The highest BCUT2D eigenvalue weighted by Crippen LogP contribution is 2.22. The largest absolute Gasteiger partial charge is 0.383 e. The molecule has 4 heterocycles. The Labute approximate surface area is 177 Å². The van der Waals surface area contributed by atoms with E-state index in [0.717, 1.165) is 62.8 Å². The number of ether oxygens (including phenoxy) is 1. The SMILES string of the molecule is COCCN1CCN(c2ccc3ccc(C(=O)NCCc4ccccn4)cn23)CC1. The van der Waals surface area contributed by atoms with Gasteiger partial charge in [-0.15, -0.1) is 0 Å². The zero-order valence-electron chi connectivity index (χ0n) is 17.5. The number of fused-ring (bicyclic) bond motifs is 1. The molecule has 1 amide bonds. The van der Waals surface area contributed by atoms with E-state index in [1.165, 1.54) is 0 Å². The molecule has 0 atom stereocenters. The maximum atomic E-state index is 12.7. The van der Waals surface area contributed by atoms with E-state index in [1.54, 1.807) is 13.3 Å². The molecule has 0 aromatic carbocycles. The highest BCUT2D eigenvalue weighted by Gasteiger charge is 2.19. The maximum absolute atomic E-state index is 12.7. The summed E-state index contributed by atoms with van der Waals surface area (Å²) in [4.78, 5) is 21.8. The normalized spacial score (nSPS) is 14.9. The number of aromatic nitrogens is 2. The van der Waals surface area contributed by atoms with Crippen LogP contribution in [-0.4, -0.2) is 73.2 Å². The third kappa shape index (κ3) is 4.80. The molecular weight excluding hydrogens is 378 g/mol. The van der Waals surface area contributed by atoms with Crippen LogP contribution in [0.25, 0.3) is 5.52 Å². The molecule has 0 aliphatic carbocycles. The molecule has 0 saturated carbocycles. The Bertz CT molecular complexity index is 964. The van der Waals surface area contributed by atoms with E-state index in [4.69, 9.17) is 4.74 Å². The fourth-order valence-corrected chi connectivity index (χ4v) is 3.85. The van der Waals surface area contributed by atoms with Crippen molar-refractivity contribution in [2.75, 3.05) is 57.9 Å². The Hall–Kier alpha value is -2.90. The molecule has 1 aliphatic heterocycles. The van der Waals surface area contributed by atoms with Crippen molar-refractivity contribution in [3.8, 4) is 0 Å². The third-order valence-corrected chi connectivity index (χ3v) is 5.59. The highest BCUT2D eigenvalue weighted by molar-refractivity contribution is 5.94. The number of hydrogen-bond donors (Lipinski definition) is 1. The van der Waals surface area contributed by atoms with Crippen molar-refractivity contribution in [3.63, 3.8) is 0 Å². The Morgan fingerprint density at radius 1 is 1.10 bits per heavy atom. The minimum Gasteiger partial charge on any atom is -0.383 e. The molecule has 1 fully saturated rings. The molecule has 158 valence electrons. The van der Waals surface area contributed by atoms with Crippen LogP contribution in [0.1, 0.15) is 16.1 Å². The molecule has 7 nitrogen and oxygen atoms in total. The predicted octanol–water partition coefficient (Wildman–Crippen LogP) is 2.08. The van der Waals surface area contributed by atoms with Crippen LogP contribution < -0.4 is 10.2 Å². The molecule has 7 heteroatoms. The fourth-order valence-electron chi connectivity index (χ4n) is 3.85. The standard InChI is InChI=1S/C23H29N5O2/c1-30-17-16-26-12-14-27(15-13-26)22-8-7-21-6-5-19(18-28(21)22)23(29)25-11-9-20-4-2-3-10-24-20/h2-8,10,18H,9,11-17H2,1H3,(H,25,29). The van der Waals surface area contributed by atoms with E-state index < -0.39 is 0 Å². The minimum absolute atomic E-state index is 0.0585. The minimum atomic E-state index is -0.0585. The Balaban J connectivity index is 1.39. The van der Waals surface area contributed by atoms with Crippen molar-refractivity contribution in [1.82, 2.24) is 19.6 Å². The van der Waals surface area contributed by atoms with Gasteiger partial charge in [-0.25, -0.2) is 0 Å². The molecule has 4 rings (SSSR count). The van der Waals surface area contributed by atoms with Crippen LogP contribution in [0.5, 0.6) is 0 Å². The number of methoxy groups -OCH3 is 1. The lowest BCUT2D eigenvalue weighted by Gasteiger charge is -2.35. The Morgan fingerprint density at radius 2 is 1.93 bits per heavy atom. The van der Waals surface area contributed by atoms with Gasteiger partial charge in [-0.3, -0.25) is 14.7 Å². The van der Waals surface area contributed by atoms with Crippen molar-refractivity contribution in [2.24, 2.45) is 0 Å². The molecule has 0 spiro atoms. The number of piperazine rings is 1. The number of carbonyl (C=O) groups excluding carboxylic acids is 1. The van der Waals surface area contributed by atoms with Crippen LogP contribution >= 0.6 is 0 Å². The molecule has 0 unspecified atom stereocenters. The van der Waals surface area contributed by atoms with Gasteiger partial charge in [0.05, 0.1) is 12.2 Å².